The summed E-state index contributed by atoms with van der Waals surface area (Å²) < 4.78 is 62.8. The number of aromatic nitrogens is 2. The minimum atomic E-state index is -4.83. The second-order valence-corrected chi connectivity index (χ2v) is 7.65. The van der Waals surface area contributed by atoms with Gasteiger partial charge in [0, 0.05) is 32.3 Å². The first-order valence-electron chi connectivity index (χ1n) is 9.14. The van der Waals surface area contributed by atoms with Gasteiger partial charge in [0.1, 0.15) is 0 Å². The lowest BCUT2D eigenvalue weighted by atomic mass is 10.2. The zero-order chi connectivity index (χ0) is 22.6. The molecule has 13 heteroatoms. The monoisotopic (exact) mass is 457 g/mol. The quantitative estimate of drug-likeness (QED) is 0.516. The van der Waals surface area contributed by atoms with Crippen molar-refractivity contribution >= 4 is 27.1 Å². The van der Waals surface area contributed by atoms with E-state index in [-0.39, 0.29) is 37.5 Å². The van der Waals surface area contributed by atoms with Crippen LogP contribution in [0.5, 0.6) is 0 Å². The average Bonchev–Trinajstić information content (AvgIpc) is 3.39. The van der Waals surface area contributed by atoms with E-state index in [2.05, 4.69) is 15.7 Å². The van der Waals surface area contributed by atoms with Crippen LogP contribution in [-0.2, 0) is 16.5 Å². The summed E-state index contributed by atoms with van der Waals surface area (Å²) in [5.41, 5.74) is -1.59. The number of rotatable bonds is 5. The second-order valence-electron chi connectivity index (χ2n) is 6.60. The second kappa shape index (κ2) is 9.20. The van der Waals surface area contributed by atoms with Gasteiger partial charge in [-0.25, -0.2) is 9.48 Å². The van der Waals surface area contributed by atoms with Crippen molar-refractivity contribution in [3.63, 3.8) is 0 Å². The molecule has 0 bridgehead atoms. The van der Waals surface area contributed by atoms with E-state index in [0.29, 0.717) is 5.69 Å². The molecule has 1 aliphatic rings. The van der Waals surface area contributed by atoms with E-state index in [1.807, 2.05) is 0 Å². The molecule has 2 heterocycles. The molecule has 0 aliphatic carbocycles. The van der Waals surface area contributed by atoms with Crippen LogP contribution in [0, 0.1) is 0 Å². The van der Waals surface area contributed by atoms with Crippen molar-refractivity contribution in [1.82, 2.24) is 25.3 Å². The van der Waals surface area contributed by atoms with Crippen LogP contribution in [0.25, 0.3) is 5.69 Å². The summed E-state index contributed by atoms with van der Waals surface area (Å²) in [6, 6.07) is 7.52. The number of hydrogen-bond acceptors (Lipinski definition) is 5. The van der Waals surface area contributed by atoms with E-state index in [9.17, 15) is 31.2 Å². The first kappa shape index (κ1) is 22.3. The molecule has 31 heavy (non-hydrogen) atoms. The molecule has 3 rings (SSSR count). The molecule has 166 valence electrons. The molecular formula is C18H18F3N5O4S. The van der Waals surface area contributed by atoms with Crippen molar-refractivity contribution in [1.29, 1.82) is 0 Å². The number of alkyl halides is 3. The molecule has 0 saturated carbocycles. The molecule has 2 N–H and O–H groups in total. The summed E-state index contributed by atoms with van der Waals surface area (Å²) in [6.07, 6.45) is -3.57. The maximum Gasteiger partial charge on any atom is 0.435 e. The number of halogens is 3. The Balaban J connectivity index is 1.60. The van der Waals surface area contributed by atoms with E-state index in [1.54, 1.807) is 30.3 Å². The number of nitrogens with zero attached hydrogens (tertiary/aromatic N) is 3. The Hall–Kier alpha value is -3.35. The number of amides is 3. The Morgan fingerprint density at radius 3 is 2.39 bits per heavy atom. The molecular weight excluding hydrogens is 439 g/mol. The van der Waals surface area contributed by atoms with E-state index in [4.69, 9.17) is 0 Å². The molecule has 1 saturated heterocycles. The molecule has 2 aromatic rings. The van der Waals surface area contributed by atoms with E-state index >= 15 is 0 Å². The van der Waals surface area contributed by atoms with Gasteiger partial charge in [0.25, 0.3) is 5.91 Å². The lowest BCUT2D eigenvalue weighted by Crippen LogP contribution is -2.42. The Labute approximate surface area is 176 Å². The molecule has 9 nitrogen and oxygen atoms in total. The van der Waals surface area contributed by atoms with Gasteiger partial charge in [-0.3, -0.25) is 4.79 Å². The van der Waals surface area contributed by atoms with Gasteiger partial charge in [-0.05, 0) is 12.1 Å². The fourth-order valence-electron chi connectivity index (χ4n) is 2.95. The van der Waals surface area contributed by atoms with E-state index in [0.717, 1.165) is 10.9 Å². The number of carbonyl (C=O) groups excluding carboxylic acids is 2. The van der Waals surface area contributed by atoms with Crippen molar-refractivity contribution < 1.29 is 31.2 Å². The summed E-state index contributed by atoms with van der Waals surface area (Å²) in [4.78, 5) is 25.8. The number of likely N-dealkylation sites (tertiary alicyclic amines) is 1. The van der Waals surface area contributed by atoms with Gasteiger partial charge >= 0.3 is 12.2 Å². The lowest BCUT2D eigenvalue weighted by Gasteiger charge is -2.15. The van der Waals surface area contributed by atoms with Gasteiger partial charge in [0.2, 0.25) is 10.3 Å². The molecule has 0 spiro atoms. The highest BCUT2D eigenvalue weighted by Gasteiger charge is 2.39. The van der Waals surface area contributed by atoms with Crippen molar-refractivity contribution in [2.24, 2.45) is 0 Å². The molecule has 1 aromatic heterocycles. The maximum absolute atomic E-state index is 13.3. The third-order valence-electron chi connectivity index (χ3n) is 4.49. The third kappa shape index (κ3) is 5.42. The van der Waals surface area contributed by atoms with Crippen LogP contribution < -0.4 is 10.6 Å². The van der Waals surface area contributed by atoms with Crippen molar-refractivity contribution in [3.05, 3.63) is 47.8 Å². The Kier molecular flexibility index (Phi) is 6.63. The lowest BCUT2D eigenvalue weighted by molar-refractivity contribution is -0.141. The van der Waals surface area contributed by atoms with Gasteiger partial charge in [-0.15, -0.1) is 0 Å². The molecule has 1 fully saturated rings. The van der Waals surface area contributed by atoms with Gasteiger partial charge in [-0.1, -0.05) is 18.2 Å². The third-order valence-corrected chi connectivity index (χ3v) is 5.29. The van der Waals surface area contributed by atoms with Crippen molar-refractivity contribution in [3.8, 4) is 5.69 Å². The number of urea groups is 1. The van der Waals surface area contributed by atoms with Gasteiger partial charge in [0.05, 0.1) is 22.7 Å². The minimum absolute atomic E-state index is 0.0120. The van der Waals surface area contributed by atoms with Crippen LogP contribution >= 0.6 is 0 Å². The van der Waals surface area contributed by atoms with Crippen LogP contribution in [0.4, 0.5) is 18.0 Å². The van der Waals surface area contributed by atoms with Crippen LogP contribution in [-0.4, -0.2) is 66.1 Å². The first-order chi connectivity index (χ1) is 14.7. The largest absolute Gasteiger partial charge is 0.435 e. The molecule has 0 unspecified atom stereocenters. The summed E-state index contributed by atoms with van der Waals surface area (Å²) >= 11 is 0. The standard InChI is InChI=1S/C18H18F3N5O4S/c19-18(20,21)15-14(11-26(24-15)12-4-2-1-3-5-12)16(27)22-7-8-23-17(28)25-9-6-13(10-25)31(29)30/h1-5,11H,6-10H2,(H,22,27)(H,23,28). The number of para-hydroxylation sites is 1. The fourth-order valence-corrected chi connectivity index (χ4v) is 3.47. The zero-order valence-electron chi connectivity index (χ0n) is 16.0. The number of nitrogens with one attached hydrogen (secondary N) is 2. The summed E-state index contributed by atoms with van der Waals surface area (Å²) in [5.74, 6) is -0.984. The highest BCUT2D eigenvalue weighted by molar-refractivity contribution is 7.73. The van der Waals surface area contributed by atoms with Gasteiger partial charge < -0.3 is 15.5 Å². The Morgan fingerprint density at radius 2 is 1.77 bits per heavy atom. The molecule has 0 radical (unpaired) electrons. The van der Waals surface area contributed by atoms with Crippen LogP contribution in [0.1, 0.15) is 22.5 Å². The number of hydrogen-bond donors (Lipinski definition) is 2. The average molecular weight is 457 g/mol. The summed E-state index contributed by atoms with van der Waals surface area (Å²) in [5, 5.41) is 8.31. The first-order valence-corrected chi connectivity index (χ1v) is 10.2. The van der Waals surface area contributed by atoms with Crippen molar-refractivity contribution in [2.75, 3.05) is 26.2 Å². The van der Waals surface area contributed by atoms with E-state index < -0.39 is 39.7 Å². The Morgan fingerprint density at radius 1 is 1.10 bits per heavy atom. The maximum atomic E-state index is 13.3. The van der Waals surface area contributed by atoms with Gasteiger partial charge in [0.15, 0.2) is 5.69 Å². The van der Waals surface area contributed by atoms with Crippen LogP contribution in [0.2, 0.25) is 0 Å². The zero-order valence-corrected chi connectivity index (χ0v) is 16.8. The molecule has 1 aromatic carbocycles. The molecule has 1 aliphatic heterocycles. The predicted octanol–water partition coefficient (Wildman–Crippen LogP) is 1.09. The van der Waals surface area contributed by atoms with E-state index in [1.165, 1.54) is 4.90 Å². The topological polar surface area (TPSA) is 113 Å². The Bertz CT molecular complexity index is 1100. The van der Waals surface area contributed by atoms with Crippen LogP contribution in [0.3, 0.4) is 0 Å². The minimum Gasteiger partial charge on any atom is -0.350 e. The summed E-state index contributed by atoms with van der Waals surface area (Å²) in [6.45, 7) is 0.0539. The normalized spacial score (nSPS) is 13.9. The van der Waals surface area contributed by atoms with Gasteiger partial charge in [-0.2, -0.15) is 26.7 Å². The smallest absolute Gasteiger partial charge is 0.350 e. The SMILES string of the molecule is O=C(NCCNC(=O)N1CCC(=S(=O)=O)C1)c1cn(-c2ccccc2)nc1C(F)(F)F. The highest BCUT2D eigenvalue weighted by atomic mass is 32.2. The summed E-state index contributed by atoms with van der Waals surface area (Å²) in [7, 11) is -2.35. The predicted molar refractivity (Wildman–Crippen MR) is 104 cm³/mol. The van der Waals surface area contributed by atoms with Crippen molar-refractivity contribution in [2.45, 2.75) is 12.6 Å². The van der Waals surface area contributed by atoms with Crippen LogP contribution in [0.15, 0.2) is 36.5 Å². The number of carbonyl (C=O) groups is 2. The fraction of sp³-hybridized carbons (Fsp3) is 0.333. The number of benzene rings is 1. The highest BCUT2D eigenvalue weighted by Crippen LogP contribution is 2.31. The molecule has 3 amide bonds. The molecule has 0 atom stereocenters.